The van der Waals surface area contributed by atoms with Gasteiger partial charge >= 0.3 is 0 Å². The van der Waals surface area contributed by atoms with Crippen LogP contribution in [0.4, 0.5) is 4.39 Å². The highest BCUT2D eigenvalue weighted by Gasteiger charge is 2.28. The van der Waals surface area contributed by atoms with Gasteiger partial charge in [0.2, 0.25) is 0 Å². The zero-order valence-electron chi connectivity index (χ0n) is 10.5. The van der Waals surface area contributed by atoms with Crippen molar-refractivity contribution < 1.29 is 9.18 Å². The van der Waals surface area contributed by atoms with Crippen LogP contribution in [-0.2, 0) is 0 Å². The Kier molecular flexibility index (Phi) is 4.33. The Morgan fingerprint density at radius 1 is 1.05 bits per heavy atom. The van der Waals surface area contributed by atoms with Crippen LogP contribution >= 0.6 is 11.6 Å². The van der Waals surface area contributed by atoms with E-state index >= 15 is 0 Å². The van der Waals surface area contributed by atoms with E-state index in [2.05, 4.69) is 0 Å². The van der Waals surface area contributed by atoms with Crippen molar-refractivity contribution in [2.24, 2.45) is 0 Å². The number of halogens is 2. The van der Waals surface area contributed by atoms with E-state index in [0.29, 0.717) is 11.1 Å². The summed E-state index contributed by atoms with van der Waals surface area (Å²) >= 11 is 5.97. The normalized spacial score (nSPS) is 13.8. The van der Waals surface area contributed by atoms with Gasteiger partial charge in [0, 0.05) is 5.56 Å². The third-order valence-electron chi connectivity index (χ3n) is 2.96. The van der Waals surface area contributed by atoms with Gasteiger partial charge in [0.25, 0.3) is 0 Å². The van der Waals surface area contributed by atoms with Crippen molar-refractivity contribution in [3.63, 3.8) is 0 Å². The summed E-state index contributed by atoms with van der Waals surface area (Å²) in [6, 6.07) is 15.5. The van der Waals surface area contributed by atoms with E-state index in [1.54, 1.807) is 54.6 Å². The molecule has 2 aromatic rings. The van der Waals surface area contributed by atoms with Gasteiger partial charge in [-0.1, -0.05) is 60.2 Å². The van der Waals surface area contributed by atoms with Crippen LogP contribution in [0.3, 0.4) is 0 Å². The number of hydrogen-bond acceptors (Lipinski definition) is 1. The molecule has 98 valence electrons. The second kappa shape index (κ2) is 5.98. The van der Waals surface area contributed by atoms with Gasteiger partial charge in [-0.25, -0.2) is 4.39 Å². The molecule has 0 aromatic heterocycles. The van der Waals surface area contributed by atoms with Crippen LogP contribution in [0.5, 0.6) is 0 Å². The summed E-state index contributed by atoms with van der Waals surface area (Å²) in [5.41, 5.74) is 1.89. The number of carbonyl (C=O) groups is 1. The molecule has 0 radical (unpaired) electrons. The highest BCUT2D eigenvalue weighted by molar-refractivity contribution is 6.34. The second-order valence-electron chi connectivity index (χ2n) is 4.44. The molecule has 0 bridgehead atoms. The van der Waals surface area contributed by atoms with E-state index in [-0.39, 0.29) is 0 Å². The summed E-state index contributed by atoms with van der Waals surface area (Å²) < 4.78 is 14.2. The van der Waals surface area contributed by atoms with Crippen LogP contribution in [0, 0.1) is 6.92 Å². The quantitative estimate of drug-likeness (QED) is 0.594. The molecular formula is C16H14ClFO. The van der Waals surface area contributed by atoms with Crippen LogP contribution in [0.15, 0.2) is 54.6 Å². The lowest BCUT2D eigenvalue weighted by Gasteiger charge is -2.14. The summed E-state index contributed by atoms with van der Waals surface area (Å²) in [7, 11) is 0. The maximum absolute atomic E-state index is 14.2. The van der Waals surface area contributed by atoms with Gasteiger partial charge in [-0.3, -0.25) is 4.79 Å². The lowest BCUT2D eigenvalue weighted by Crippen LogP contribution is -2.20. The van der Waals surface area contributed by atoms with Gasteiger partial charge in [0.05, 0.1) is 0 Å². The zero-order chi connectivity index (χ0) is 13.8. The van der Waals surface area contributed by atoms with Crippen molar-refractivity contribution in [1.29, 1.82) is 0 Å². The molecule has 0 aliphatic carbocycles. The van der Waals surface area contributed by atoms with Crippen molar-refractivity contribution >= 4 is 17.4 Å². The van der Waals surface area contributed by atoms with E-state index in [1.807, 2.05) is 6.92 Å². The number of benzene rings is 2. The van der Waals surface area contributed by atoms with E-state index in [1.165, 1.54) is 0 Å². The first kappa shape index (κ1) is 13.8. The molecule has 0 saturated carbocycles. The Morgan fingerprint density at radius 3 is 2.21 bits per heavy atom. The number of rotatable bonds is 4. The van der Waals surface area contributed by atoms with Gasteiger partial charge in [0.15, 0.2) is 5.78 Å². The molecule has 2 rings (SSSR count). The Hall–Kier alpha value is -1.67. The smallest absolute Gasteiger partial charge is 0.184 e. The molecule has 2 atom stereocenters. The fourth-order valence-electron chi connectivity index (χ4n) is 1.81. The topological polar surface area (TPSA) is 17.1 Å². The predicted molar refractivity (Wildman–Crippen MR) is 75.4 cm³/mol. The van der Waals surface area contributed by atoms with Gasteiger partial charge in [0.1, 0.15) is 11.5 Å². The van der Waals surface area contributed by atoms with Crippen molar-refractivity contribution in [1.82, 2.24) is 0 Å². The van der Waals surface area contributed by atoms with Crippen molar-refractivity contribution in [2.45, 2.75) is 18.5 Å². The molecule has 0 spiro atoms. The van der Waals surface area contributed by atoms with Crippen LogP contribution in [0.25, 0.3) is 0 Å². The number of ketones is 1. The van der Waals surface area contributed by atoms with Crippen molar-refractivity contribution in [3.05, 3.63) is 71.3 Å². The molecule has 19 heavy (non-hydrogen) atoms. The Balaban J connectivity index is 2.17. The van der Waals surface area contributed by atoms with Crippen LogP contribution < -0.4 is 0 Å². The summed E-state index contributed by atoms with van der Waals surface area (Å²) in [5, 5.41) is -1.20. The molecule has 1 nitrogen and oxygen atoms in total. The fraction of sp³-hybridized carbons (Fsp3) is 0.188. The van der Waals surface area contributed by atoms with Gasteiger partial charge in [-0.15, -0.1) is 11.6 Å². The molecule has 0 fully saturated rings. The first-order valence-electron chi connectivity index (χ1n) is 6.03. The minimum atomic E-state index is -1.50. The number of alkyl halides is 2. The zero-order valence-corrected chi connectivity index (χ0v) is 11.3. The first-order valence-corrected chi connectivity index (χ1v) is 6.47. The predicted octanol–water partition coefficient (Wildman–Crippen LogP) is 4.50. The van der Waals surface area contributed by atoms with Gasteiger partial charge in [-0.2, -0.15) is 0 Å². The summed E-state index contributed by atoms with van der Waals surface area (Å²) in [4.78, 5) is 12.1. The Labute approximate surface area is 117 Å². The van der Waals surface area contributed by atoms with Crippen molar-refractivity contribution in [2.75, 3.05) is 0 Å². The SMILES string of the molecule is Cc1ccc(C(F)C(Cl)C(=O)c2ccccc2)cc1. The molecule has 2 aromatic carbocycles. The van der Waals surface area contributed by atoms with E-state index in [4.69, 9.17) is 11.6 Å². The summed E-state index contributed by atoms with van der Waals surface area (Å²) in [6.07, 6.45) is -1.50. The van der Waals surface area contributed by atoms with Crippen LogP contribution in [-0.4, -0.2) is 11.2 Å². The maximum atomic E-state index is 14.2. The monoisotopic (exact) mass is 276 g/mol. The largest absolute Gasteiger partial charge is 0.292 e. The Morgan fingerprint density at radius 2 is 1.63 bits per heavy atom. The van der Waals surface area contributed by atoms with Crippen molar-refractivity contribution in [3.8, 4) is 0 Å². The minimum Gasteiger partial charge on any atom is -0.292 e. The molecular weight excluding hydrogens is 263 g/mol. The third kappa shape index (κ3) is 3.21. The number of Topliss-reactive ketones (excluding diaryl/α,β-unsaturated/α-hetero) is 1. The lowest BCUT2D eigenvalue weighted by atomic mass is 10.00. The molecule has 2 unspecified atom stereocenters. The number of hydrogen-bond donors (Lipinski definition) is 0. The number of aryl methyl sites for hydroxylation is 1. The van der Waals surface area contributed by atoms with E-state index in [0.717, 1.165) is 5.56 Å². The summed E-state index contributed by atoms with van der Waals surface area (Å²) in [6.45, 7) is 1.92. The summed E-state index contributed by atoms with van der Waals surface area (Å²) in [5.74, 6) is -0.393. The highest BCUT2D eigenvalue weighted by Crippen LogP contribution is 2.28. The molecule has 0 heterocycles. The molecule has 0 aliphatic rings. The minimum absolute atomic E-state index is 0.393. The molecule has 0 N–H and O–H groups in total. The fourth-order valence-corrected chi connectivity index (χ4v) is 2.09. The number of carbonyl (C=O) groups excluding carboxylic acids is 1. The molecule has 0 saturated heterocycles. The van der Waals surface area contributed by atoms with Gasteiger partial charge < -0.3 is 0 Å². The van der Waals surface area contributed by atoms with Crippen LogP contribution in [0.1, 0.15) is 27.7 Å². The Bertz CT molecular complexity index is 551. The average molecular weight is 277 g/mol. The molecule has 3 heteroatoms. The first-order chi connectivity index (χ1) is 9.09. The van der Waals surface area contributed by atoms with Gasteiger partial charge in [-0.05, 0) is 12.5 Å². The van der Waals surface area contributed by atoms with E-state index < -0.39 is 17.3 Å². The highest BCUT2D eigenvalue weighted by atomic mass is 35.5. The molecule has 0 amide bonds. The second-order valence-corrected chi connectivity index (χ2v) is 4.91. The average Bonchev–Trinajstić information content (AvgIpc) is 2.46. The molecule has 0 aliphatic heterocycles. The van der Waals surface area contributed by atoms with E-state index in [9.17, 15) is 9.18 Å². The third-order valence-corrected chi connectivity index (χ3v) is 3.38. The van der Waals surface area contributed by atoms with Crippen LogP contribution in [0.2, 0.25) is 0 Å². The lowest BCUT2D eigenvalue weighted by molar-refractivity contribution is 0.0953. The standard InChI is InChI=1S/C16H14ClFO/c1-11-7-9-12(10-8-11)15(18)14(17)16(19)13-5-3-2-4-6-13/h2-10,14-15H,1H3. The maximum Gasteiger partial charge on any atom is 0.184 e.